The van der Waals surface area contributed by atoms with Gasteiger partial charge < -0.3 is 10.1 Å². The van der Waals surface area contributed by atoms with Crippen molar-refractivity contribution in [3.8, 4) is 17.0 Å². The van der Waals surface area contributed by atoms with Crippen molar-refractivity contribution < 1.29 is 9.53 Å². The lowest BCUT2D eigenvalue weighted by Gasteiger charge is -2.08. The number of methoxy groups -OCH3 is 1. The topological polar surface area (TPSA) is 75.6 Å². The molecule has 1 heterocycles. The van der Waals surface area contributed by atoms with Crippen LogP contribution in [0.15, 0.2) is 80.1 Å². The minimum absolute atomic E-state index is 0.320. The SMILES string of the molecule is COc1c(Br)cc(Br)cc1/C=N\NC(=O)c1ccc(-c2csc(Nc3ccc(Cl)cc3)n2)cc1. The van der Waals surface area contributed by atoms with Crippen LogP contribution in [0.4, 0.5) is 10.8 Å². The normalized spacial score (nSPS) is 10.9. The molecule has 0 atom stereocenters. The number of hydrogen-bond donors (Lipinski definition) is 2. The van der Waals surface area contributed by atoms with Gasteiger partial charge in [-0.15, -0.1) is 11.3 Å². The van der Waals surface area contributed by atoms with Crippen LogP contribution in [0.1, 0.15) is 15.9 Å². The van der Waals surface area contributed by atoms with E-state index in [1.807, 2.05) is 53.9 Å². The molecule has 172 valence electrons. The van der Waals surface area contributed by atoms with Crippen molar-refractivity contribution in [2.75, 3.05) is 12.4 Å². The molecule has 34 heavy (non-hydrogen) atoms. The van der Waals surface area contributed by atoms with E-state index in [-0.39, 0.29) is 5.91 Å². The number of amides is 1. The first-order valence-corrected chi connectivity index (χ1v) is 12.7. The highest BCUT2D eigenvalue weighted by atomic mass is 79.9. The molecule has 2 N–H and O–H groups in total. The van der Waals surface area contributed by atoms with Crippen LogP contribution < -0.4 is 15.5 Å². The van der Waals surface area contributed by atoms with Gasteiger partial charge in [0.05, 0.1) is 23.5 Å². The number of thiazole rings is 1. The first-order chi connectivity index (χ1) is 16.4. The fourth-order valence-corrected chi connectivity index (χ4v) is 5.32. The number of ether oxygens (including phenoxy) is 1. The van der Waals surface area contributed by atoms with Crippen LogP contribution in [0, 0.1) is 0 Å². The number of halogens is 3. The van der Waals surface area contributed by atoms with Crippen LogP contribution in [0.5, 0.6) is 5.75 Å². The fraction of sp³-hybridized carbons (Fsp3) is 0.0417. The summed E-state index contributed by atoms with van der Waals surface area (Å²) in [6.45, 7) is 0. The Labute approximate surface area is 222 Å². The summed E-state index contributed by atoms with van der Waals surface area (Å²) >= 11 is 14.3. The minimum Gasteiger partial charge on any atom is -0.495 e. The fourth-order valence-electron chi connectivity index (χ4n) is 3.03. The third-order valence-electron chi connectivity index (χ3n) is 4.65. The summed E-state index contributed by atoms with van der Waals surface area (Å²) in [6, 6.07) is 18.3. The Bertz CT molecular complexity index is 1340. The molecule has 1 aromatic heterocycles. The second-order valence-corrected chi connectivity index (χ2v) is 10.0. The van der Waals surface area contributed by atoms with Gasteiger partial charge in [0.15, 0.2) is 5.13 Å². The molecule has 4 aromatic rings. The molecule has 1 amide bonds. The lowest BCUT2D eigenvalue weighted by Crippen LogP contribution is -2.17. The van der Waals surface area contributed by atoms with E-state index in [1.165, 1.54) is 17.6 Å². The minimum atomic E-state index is -0.320. The second kappa shape index (κ2) is 11.1. The summed E-state index contributed by atoms with van der Waals surface area (Å²) in [4.78, 5) is 17.1. The summed E-state index contributed by atoms with van der Waals surface area (Å²) < 4.78 is 7.02. The first kappa shape index (κ1) is 24.4. The third kappa shape index (κ3) is 6.04. The Morgan fingerprint density at radius 2 is 1.85 bits per heavy atom. The van der Waals surface area contributed by atoms with E-state index < -0.39 is 0 Å². The molecule has 0 aliphatic carbocycles. The Morgan fingerprint density at radius 3 is 2.56 bits per heavy atom. The van der Waals surface area contributed by atoms with Crippen molar-refractivity contribution >= 4 is 77.7 Å². The maximum Gasteiger partial charge on any atom is 0.271 e. The molecule has 0 unspecified atom stereocenters. The Balaban J connectivity index is 1.40. The van der Waals surface area contributed by atoms with Crippen molar-refractivity contribution in [2.24, 2.45) is 5.10 Å². The number of hydrogen-bond acceptors (Lipinski definition) is 6. The maximum absolute atomic E-state index is 12.5. The molecule has 0 spiro atoms. The van der Waals surface area contributed by atoms with Gasteiger partial charge >= 0.3 is 0 Å². The summed E-state index contributed by atoms with van der Waals surface area (Å²) in [5, 5.41) is 10.7. The highest BCUT2D eigenvalue weighted by Crippen LogP contribution is 2.32. The van der Waals surface area contributed by atoms with E-state index in [0.717, 1.165) is 31.0 Å². The van der Waals surface area contributed by atoms with Gasteiger partial charge in [-0.1, -0.05) is 39.7 Å². The van der Waals surface area contributed by atoms with E-state index >= 15 is 0 Å². The molecule has 0 saturated heterocycles. The summed E-state index contributed by atoms with van der Waals surface area (Å²) in [5.41, 5.74) is 6.37. The molecule has 0 saturated carbocycles. The lowest BCUT2D eigenvalue weighted by atomic mass is 10.1. The quantitative estimate of drug-likeness (QED) is 0.166. The molecule has 4 rings (SSSR count). The summed E-state index contributed by atoms with van der Waals surface area (Å²) in [6.07, 6.45) is 1.53. The monoisotopic (exact) mass is 618 g/mol. The number of benzene rings is 3. The maximum atomic E-state index is 12.5. The van der Waals surface area contributed by atoms with Crippen molar-refractivity contribution in [3.63, 3.8) is 0 Å². The summed E-state index contributed by atoms with van der Waals surface area (Å²) in [7, 11) is 1.57. The predicted octanol–water partition coefficient (Wildman–Crippen LogP) is 7.50. The van der Waals surface area contributed by atoms with Gasteiger partial charge in [0, 0.05) is 37.3 Å². The van der Waals surface area contributed by atoms with E-state index in [4.69, 9.17) is 16.3 Å². The molecule has 10 heteroatoms. The Kier molecular flexibility index (Phi) is 7.99. The molecule has 0 radical (unpaired) electrons. The smallest absolute Gasteiger partial charge is 0.271 e. The van der Waals surface area contributed by atoms with Gasteiger partial charge in [-0.25, -0.2) is 10.4 Å². The van der Waals surface area contributed by atoms with Crippen molar-refractivity contribution in [1.29, 1.82) is 0 Å². The van der Waals surface area contributed by atoms with Crippen LogP contribution in [0.3, 0.4) is 0 Å². The molecular weight excluding hydrogens is 604 g/mol. The van der Waals surface area contributed by atoms with Crippen molar-refractivity contribution in [1.82, 2.24) is 10.4 Å². The molecule has 0 aliphatic rings. The van der Waals surface area contributed by atoms with Gasteiger partial charge in [0.1, 0.15) is 5.75 Å². The van der Waals surface area contributed by atoms with E-state index in [2.05, 4.69) is 52.7 Å². The van der Waals surface area contributed by atoms with Crippen LogP contribution in [-0.2, 0) is 0 Å². The third-order valence-corrected chi connectivity index (χ3v) is 6.71. The van der Waals surface area contributed by atoms with Gasteiger partial charge in [0.25, 0.3) is 5.91 Å². The number of anilines is 2. The second-order valence-electron chi connectivity index (χ2n) is 6.96. The van der Waals surface area contributed by atoms with Crippen molar-refractivity contribution in [3.05, 3.63) is 91.1 Å². The largest absolute Gasteiger partial charge is 0.495 e. The van der Waals surface area contributed by atoms with Crippen LogP contribution in [-0.4, -0.2) is 24.2 Å². The molecule has 6 nitrogen and oxygen atoms in total. The Morgan fingerprint density at radius 1 is 1.12 bits per heavy atom. The predicted molar refractivity (Wildman–Crippen MR) is 146 cm³/mol. The van der Waals surface area contributed by atoms with Gasteiger partial charge in [-0.2, -0.15) is 5.10 Å². The van der Waals surface area contributed by atoms with Crippen LogP contribution in [0.2, 0.25) is 5.02 Å². The summed E-state index contributed by atoms with van der Waals surface area (Å²) in [5.74, 6) is 0.304. The van der Waals surface area contributed by atoms with Gasteiger partial charge in [0.2, 0.25) is 0 Å². The molecule has 3 aromatic carbocycles. The van der Waals surface area contributed by atoms with E-state index in [1.54, 1.807) is 19.2 Å². The lowest BCUT2D eigenvalue weighted by molar-refractivity contribution is 0.0955. The van der Waals surface area contributed by atoms with E-state index in [0.29, 0.717) is 21.9 Å². The molecular formula is C24H17Br2ClN4O2S. The first-order valence-electron chi connectivity index (χ1n) is 9.88. The zero-order chi connectivity index (χ0) is 24.1. The average molecular weight is 621 g/mol. The average Bonchev–Trinajstić information content (AvgIpc) is 3.29. The number of carbonyl (C=O) groups is 1. The van der Waals surface area contributed by atoms with Crippen LogP contribution >= 0.6 is 54.8 Å². The standard InChI is InChI=1S/C24H17Br2ClN4O2S/c1-33-22-16(10-17(25)11-20(22)26)12-28-31-23(32)15-4-2-14(3-5-15)21-13-34-24(30-21)29-19-8-6-18(27)7-9-19/h2-13H,1H3,(H,29,30)(H,31,32)/b28-12-. The molecule has 0 fully saturated rings. The number of nitrogens with zero attached hydrogens (tertiary/aromatic N) is 2. The number of carbonyl (C=O) groups excluding carboxylic acids is 1. The number of aromatic nitrogens is 1. The highest BCUT2D eigenvalue weighted by molar-refractivity contribution is 9.11. The van der Waals surface area contributed by atoms with E-state index in [9.17, 15) is 4.79 Å². The highest BCUT2D eigenvalue weighted by Gasteiger charge is 2.10. The number of hydrazone groups is 1. The number of rotatable bonds is 7. The van der Waals surface area contributed by atoms with Gasteiger partial charge in [-0.05, 0) is 64.5 Å². The molecule has 0 bridgehead atoms. The zero-order valence-electron chi connectivity index (χ0n) is 17.7. The van der Waals surface area contributed by atoms with Gasteiger partial charge in [-0.3, -0.25) is 4.79 Å². The molecule has 0 aliphatic heterocycles. The Hall–Kier alpha value is -2.72. The zero-order valence-corrected chi connectivity index (χ0v) is 22.4. The van der Waals surface area contributed by atoms with Crippen LogP contribution in [0.25, 0.3) is 11.3 Å². The van der Waals surface area contributed by atoms with Crippen molar-refractivity contribution in [2.45, 2.75) is 0 Å². The number of nitrogens with one attached hydrogen (secondary N) is 2.